The Morgan fingerprint density at radius 2 is 1.78 bits per heavy atom. The van der Waals surface area contributed by atoms with Gasteiger partial charge < -0.3 is 21.3 Å². The van der Waals surface area contributed by atoms with Crippen molar-refractivity contribution in [2.45, 2.75) is 50.6 Å². The molecule has 1 fully saturated rings. The third kappa shape index (κ3) is 5.01. The number of ether oxygens (including phenoxy) is 1. The molecule has 104 valence electrons. The zero-order valence-electron chi connectivity index (χ0n) is 10.5. The van der Waals surface area contributed by atoms with Gasteiger partial charge in [0.25, 0.3) is 0 Å². The molecule has 1 aliphatic carbocycles. The summed E-state index contributed by atoms with van der Waals surface area (Å²) in [5.41, 5.74) is 11.0. The predicted octanol–water partition coefficient (Wildman–Crippen LogP) is 0.239. The maximum Gasteiger partial charge on any atom is 0.324 e. The Hall–Kier alpha value is -1.14. The Morgan fingerprint density at radius 1 is 1.17 bits per heavy atom. The van der Waals surface area contributed by atoms with E-state index in [0.29, 0.717) is 12.3 Å². The monoisotopic (exact) mass is 258 g/mol. The molecule has 0 amide bonds. The average Bonchev–Trinajstić information content (AvgIpc) is 2.36. The molecule has 1 saturated carbocycles. The first-order chi connectivity index (χ1) is 8.50. The number of carbonyl (C=O) groups excluding carboxylic acids is 1. The molecule has 6 nitrogen and oxygen atoms in total. The molecule has 0 spiro atoms. The lowest BCUT2D eigenvalue weighted by molar-refractivity contribution is -0.149. The molecule has 0 aromatic rings. The van der Waals surface area contributed by atoms with Gasteiger partial charge in [-0.1, -0.05) is 32.1 Å². The number of aliphatic carboxylic acids is 1. The van der Waals surface area contributed by atoms with E-state index in [2.05, 4.69) is 0 Å². The summed E-state index contributed by atoms with van der Waals surface area (Å²) >= 11 is 0. The fourth-order valence-electron chi connectivity index (χ4n) is 2.23. The van der Waals surface area contributed by atoms with Gasteiger partial charge in [0.2, 0.25) is 0 Å². The number of rotatable bonds is 6. The summed E-state index contributed by atoms with van der Waals surface area (Å²) in [5.74, 6) is -1.27. The van der Waals surface area contributed by atoms with Crippen molar-refractivity contribution in [3.8, 4) is 0 Å². The number of carboxylic acid groups (broad SMARTS) is 1. The Kier molecular flexibility index (Phi) is 6.07. The number of hydrogen-bond donors (Lipinski definition) is 3. The van der Waals surface area contributed by atoms with E-state index in [1.807, 2.05) is 0 Å². The number of carboxylic acids is 1. The van der Waals surface area contributed by atoms with Crippen LogP contribution in [0.1, 0.15) is 38.5 Å². The Bertz CT molecular complexity index is 290. The van der Waals surface area contributed by atoms with Crippen molar-refractivity contribution in [1.82, 2.24) is 0 Å². The lowest BCUT2D eigenvalue weighted by Crippen LogP contribution is -2.40. The van der Waals surface area contributed by atoms with Gasteiger partial charge in [0.15, 0.2) is 0 Å². The minimum Gasteiger partial charge on any atom is -0.480 e. The van der Waals surface area contributed by atoms with E-state index < -0.39 is 24.0 Å². The number of hydrogen-bond acceptors (Lipinski definition) is 5. The highest BCUT2D eigenvalue weighted by atomic mass is 16.5. The molecule has 0 aliphatic heterocycles. The molecule has 5 N–H and O–H groups in total. The third-order valence-electron chi connectivity index (χ3n) is 3.34. The van der Waals surface area contributed by atoms with Gasteiger partial charge in [0.05, 0.1) is 0 Å². The Morgan fingerprint density at radius 3 is 2.33 bits per heavy atom. The summed E-state index contributed by atoms with van der Waals surface area (Å²) < 4.78 is 4.80. The number of carbonyl (C=O) groups is 2. The van der Waals surface area contributed by atoms with Crippen molar-refractivity contribution in [3.63, 3.8) is 0 Å². The second-order valence-corrected chi connectivity index (χ2v) is 4.92. The van der Waals surface area contributed by atoms with E-state index in [0.717, 1.165) is 12.8 Å². The summed E-state index contributed by atoms with van der Waals surface area (Å²) in [6.07, 6.45) is 6.46. The van der Waals surface area contributed by atoms with Crippen LogP contribution in [0.2, 0.25) is 0 Å². The normalized spacial score (nSPS) is 20.1. The zero-order valence-corrected chi connectivity index (χ0v) is 10.5. The second-order valence-electron chi connectivity index (χ2n) is 4.92. The lowest BCUT2D eigenvalue weighted by Gasteiger charge is -2.23. The first-order valence-electron chi connectivity index (χ1n) is 6.41. The van der Waals surface area contributed by atoms with Crippen molar-refractivity contribution in [2.75, 3.05) is 6.61 Å². The summed E-state index contributed by atoms with van der Waals surface area (Å²) in [5, 5.41) is 8.55. The molecule has 1 rings (SSSR count). The summed E-state index contributed by atoms with van der Waals surface area (Å²) in [4.78, 5) is 22.0. The highest BCUT2D eigenvalue weighted by molar-refractivity contribution is 5.77. The van der Waals surface area contributed by atoms with E-state index in [1.54, 1.807) is 0 Å². The summed E-state index contributed by atoms with van der Waals surface area (Å²) in [6, 6.07) is -1.86. The van der Waals surface area contributed by atoms with Crippen LogP contribution in [0.3, 0.4) is 0 Å². The summed E-state index contributed by atoms with van der Waals surface area (Å²) in [6.45, 7) is -0.327. The fourth-order valence-corrected chi connectivity index (χ4v) is 2.23. The molecule has 18 heavy (non-hydrogen) atoms. The maximum atomic E-state index is 11.5. The maximum absolute atomic E-state index is 11.5. The largest absolute Gasteiger partial charge is 0.480 e. The topological polar surface area (TPSA) is 116 Å². The first kappa shape index (κ1) is 14.9. The van der Waals surface area contributed by atoms with Crippen molar-refractivity contribution in [1.29, 1.82) is 0 Å². The molecule has 0 radical (unpaired) electrons. The minimum atomic E-state index is -1.19. The highest BCUT2D eigenvalue weighted by Crippen LogP contribution is 2.27. The van der Waals surface area contributed by atoms with Crippen LogP contribution in [0.4, 0.5) is 0 Å². The summed E-state index contributed by atoms with van der Waals surface area (Å²) in [7, 11) is 0. The van der Waals surface area contributed by atoms with Gasteiger partial charge in [0, 0.05) is 0 Å². The minimum absolute atomic E-state index is 0.327. The van der Waals surface area contributed by atoms with Crippen LogP contribution in [0.25, 0.3) is 0 Å². The molecule has 0 saturated heterocycles. The van der Waals surface area contributed by atoms with Gasteiger partial charge in [0.1, 0.15) is 18.7 Å². The van der Waals surface area contributed by atoms with Gasteiger partial charge in [-0.25, -0.2) is 0 Å². The van der Waals surface area contributed by atoms with E-state index in [-0.39, 0.29) is 6.61 Å². The zero-order chi connectivity index (χ0) is 13.5. The van der Waals surface area contributed by atoms with Crippen LogP contribution >= 0.6 is 0 Å². The SMILES string of the molecule is N[C@H](COC(=O)[C@@H](N)CC1CCCCC1)C(=O)O. The fraction of sp³-hybridized carbons (Fsp3) is 0.833. The van der Waals surface area contributed by atoms with Crippen LogP contribution in [-0.2, 0) is 14.3 Å². The smallest absolute Gasteiger partial charge is 0.324 e. The van der Waals surface area contributed by atoms with Gasteiger partial charge >= 0.3 is 11.9 Å². The van der Waals surface area contributed by atoms with Crippen molar-refractivity contribution in [2.24, 2.45) is 17.4 Å². The van der Waals surface area contributed by atoms with E-state index in [4.69, 9.17) is 21.3 Å². The van der Waals surface area contributed by atoms with Crippen LogP contribution in [0.5, 0.6) is 0 Å². The number of nitrogens with two attached hydrogens (primary N) is 2. The van der Waals surface area contributed by atoms with E-state index in [9.17, 15) is 9.59 Å². The molecular weight excluding hydrogens is 236 g/mol. The Labute approximate surface area is 107 Å². The van der Waals surface area contributed by atoms with Gasteiger partial charge in [-0.2, -0.15) is 0 Å². The van der Waals surface area contributed by atoms with Crippen molar-refractivity contribution < 1.29 is 19.4 Å². The molecular formula is C12H22N2O4. The molecule has 0 aromatic heterocycles. The van der Waals surface area contributed by atoms with Crippen molar-refractivity contribution >= 4 is 11.9 Å². The molecule has 1 aliphatic rings. The molecule has 6 heteroatoms. The number of esters is 1. The first-order valence-corrected chi connectivity index (χ1v) is 6.41. The predicted molar refractivity (Wildman–Crippen MR) is 65.7 cm³/mol. The molecule has 0 bridgehead atoms. The molecule has 0 aromatic carbocycles. The second kappa shape index (κ2) is 7.33. The third-order valence-corrected chi connectivity index (χ3v) is 3.34. The van der Waals surface area contributed by atoms with Crippen LogP contribution in [-0.4, -0.2) is 35.7 Å². The van der Waals surface area contributed by atoms with Crippen LogP contribution < -0.4 is 11.5 Å². The van der Waals surface area contributed by atoms with Crippen molar-refractivity contribution in [3.05, 3.63) is 0 Å². The average molecular weight is 258 g/mol. The van der Waals surface area contributed by atoms with E-state index in [1.165, 1.54) is 19.3 Å². The van der Waals surface area contributed by atoms with Crippen LogP contribution in [0, 0.1) is 5.92 Å². The molecule has 2 atom stereocenters. The van der Waals surface area contributed by atoms with Gasteiger partial charge in [-0.3, -0.25) is 9.59 Å². The van der Waals surface area contributed by atoms with Gasteiger partial charge in [-0.15, -0.1) is 0 Å². The molecule has 0 heterocycles. The Balaban J connectivity index is 2.25. The van der Waals surface area contributed by atoms with Gasteiger partial charge in [-0.05, 0) is 12.3 Å². The highest BCUT2D eigenvalue weighted by Gasteiger charge is 2.23. The quantitative estimate of drug-likeness (QED) is 0.588. The van der Waals surface area contributed by atoms with Crippen LogP contribution in [0.15, 0.2) is 0 Å². The lowest BCUT2D eigenvalue weighted by atomic mass is 9.85. The van der Waals surface area contributed by atoms with E-state index >= 15 is 0 Å². The molecule has 0 unspecified atom stereocenters. The standard InChI is InChI=1S/C12H22N2O4/c13-9(6-8-4-2-1-3-5-8)12(17)18-7-10(14)11(15)16/h8-10H,1-7,13-14H2,(H,15,16)/t9-,10+/m0/s1.